The lowest BCUT2D eigenvalue weighted by molar-refractivity contribution is -0.116. The monoisotopic (exact) mass is 322 g/mol. The predicted octanol–water partition coefficient (Wildman–Crippen LogP) is 3.48. The van der Waals surface area contributed by atoms with Crippen LogP contribution in [-0.2, 0) is 11.2 Å². The van der Waals surface area contributed by atoms with Gasteiger partial charge in [0, 0.05) is 4.47 Å². The van der Waals surface area contributed by atoms with Gasteiger partial charge in [0.25, 0.3) is 0 Å². The lowest BCUT2D eigenvalue weighted by Gasteiger charge is -2.07. The second-order valence-electron chi connectivity index (χ2n) is 3.02. The summed E-state index contributed by atoms with van der Waals surface area (Å²) in [4.78, 5) is 10.6. The molecule has 76 valence electrons. The topological polar surface area (TPSA) is 17.1 Å². The van der Waals surface area contributed by atoms with Gasteiger partial charge in [-0.1, -0.05) is 31.9 Å². The minimum atomic E-state index is -0.314. The lowest BCUT2D eigenvalue weighted by atomic mass is 10.1. The SMILES string of the molecule is CC(=O)C(Br)Cc1cc(Br)ccc1F. The molecule has 0 aliphatic heterocycles. The van der Waals surface area contributed by atoms with Gasteiger partial charge < -0.3 is 0 Å². The number of ketones is 1. The van der Waals surface area contributed by atoms with Gasteiger partial charge in [-0.25, -0.2) is 4.39 Å². The first-order valence-corrected chi connectivity index (χ1v) is 5.80. The van der Waals surface area contributed by atoms with Gasteiger partial charge in [0.1, 0.15) is 11.6 Å². The van der Waals surface area contributed by atoms with Gasteiger partial charge in [-0.2, -0.15) is 0 Å². The fraction of sp³-hybridized carbons (Fsp3) is 0.300. The molecule has 1 atom stereocenters. The Kier molecular flexibility index (Phi) is 4.26. The van der Waals surface area contributed by atoms with E-state index < -0.39 is 0 Å². The van der Waals surface area contributed by atoms with Crippen molar-refractivity contribution in [3.63, 3.8) is 0 Å². The number of carbonyl (C=O) groups is 1. The molecule has 0 radical (unpaired) electrons. The van der Waals surface area contributed by atoms with Crippen LogP contribution in [0, 0.1) is 5.82 Å². The summed E-state index contributed by atoms with van der Waals surface area (Å²) in [5.41, 5.74) is 0.538. The first-order valence-electron chi connectivity index (χ1n) is 4.09. The van der Waals surface area contributed by atoms with Gasteiger partial charge in [-0.15, -0.1) is 0 Å². The number of alkyl halides is 1. The van der Waals surface area contributed by atoms with Gasteiger partial charge in [-0.05, 0) is 37.1 Å². The highest BCUT2D eigenvalue weighted by Crippen LogP contribution is 2.19. The van der Waals surface area contributed by atoms with Crippen molar-refractivity contribution in [3.8, 4) is 0 Å². The van der Waals surface area contributed by atoms with E-state index in [-0.39, 0.29) is 16.4 Å². The van der Waals surface area contributed by atoms with E-state index in [2.05, 4.69) is 31.9 Å². The predicted molar refractivity (Wildman–Crippen MR) is 61.2 cm³/mol. The van der Waals surface area contributed by atoms with Crippen LogP contribution in [0.1, 0.15) is 12.5 Å². The molecular weight excluding hydrogens is 315 g/mol. The molecule has 1 aromatic carbocycles. The molecule has 1 rings (SSSR count). The molecule has 0 saturated carbocycles. The summed E-state index contributed by atoms with van der Waals surface area (Å²) in [5.74, 6) is -0.275. The first kappa shape index (κ1) is 11.9. The molecule has 0 N–H and O–H groups in total. The van der Waals surface area contributed by atoms with E-state index in [0.29, 0.717) is 12.0 Å². The van der Waals surface area contributed by atoms with Crippen LogP contribution >= 0.6 is 31.9 Å². The summed E-state index contributed by atoms with van der Waals surface area (Å²) in [6, 6.07) is 4.71. The molecule has 0 fully saturated rings. The maximum Gasteiger partial charge on any atom is 0.143 e. The van der Waals surface area contributed by atoms with Crippen molar-refractivity contribution in [1.29, 1.82) is 0 Å². The zero-order chi connectivity index (χ0) is 10.7. The Balaban J connectivity index is 2.85. The van der Waals surface area contributed by atoms with E-state index in [4.69, 9.17) is 0 Å². The molecule has 0 bridgehead atoms. The zero-order valence-corrected chi connectivity index (χ0v) is 10.7. The minimum absolute atomic E-state index is 0.00405. The Morgan fingerprint density at radius 1 is 1.57 bits per heavy atom. The van der Waals surface area contributed by atoms with Gasteiger partial charge in [-0.3, -0.25) is 4.79 Å². The van der Waals surface area contributed by atoms with Gasteiger partial charge in [0.05, 0.1) is 4.83 Å². The van der Waals surface area contributed by atoms with Crippen molar-refractivity contribution < 1.29 is 9.18 Å². The molecular formula is C10H9Br2FO. The highest BCUT2D eigenvalue weighted by molar-refractivity contribution is 9.10. The van der Waals surface area contributed by atoms with E-state index in [1.807, 2.05) is 0 Å². The van der Waals surface area contributed by atoms with Crippen LogP contribution in [0.4, 0.5) is 4.39 Å². The minimum Gasteiger partial charge on any atom is -0.299 e. The van der Waals surface area contributed by atoms with Crippen LogP contribution in [0.5, 0.6) is 0 Å². The number of Topliss-reactive ketones (excluding diaryl/α,β-unsaturated/α-hetero) is 1. The Morgan fingerprint density at radius 2 is 2.21 bits per heavy atom. The van der Waals surface area contributed by atoms with Crippen LogP contribution in [0.2, 0.25) is 0 Å². The van der Waals surface area contributed by atoms with Gasteiger partial charge in [0.15, 0.2) is 0 Å². The number of rotatable bonds is 3. The molecule has 0 aliphatic carbocycles. The van der Waals surface area contributed by atoms with E-state index >= 15 is 0 Å². The summed E-state index contributed by atoms with van der Waals surface area (Å²) in [6.45, 7) is 1.48. The fourth-order valence-electron chi connectivity index (χ4n) is 1.04. The van der Waals surface area contributed by atoms with E-state index in [1.165, 1.54) is 13.0 Å². The second-order valence-corrected chi connectivity index (χ2v) is 5.04. The molecule has 1 unspecified atom stereocenters. The standard InChI is InChI=1S/C10H9Br2FO/c1-6(14)9(12)5-7-4-8(11)2-3-10(7)13/h2-4,9H,5H2,1H3. The third-order valence-corrected chi connectivity index (χ3v) is 3.31. The Labute approximate surface area is 99.0 Å². The molecule has 1 nitrogen and oxygen atoms in total. The van der Waals surface area contributed by atoms with E-state index in [1.54, 1.807) is 12.1 Å². The quantitative estimate of drug-likeness (QED) is 0.778. The van der Waals surface area contributed by atoms with E-state index in [0.717, 1.165) is 4.47 Å². The molecule has 0 aliphatic rings. The number of carbonyl (C=O) groups excluding carboxylic acids is 1. The van der Waals surface area contributed by atoms with E-state index in [9.17, 15) is 9.18 Å². The van der Waals surface area contributed by atoms with Crippen LogP contribution in [0.3, 0.4) is 0 Å². The summed E-state index contributed by atoms with van der Waals surface area (Å²) in [5, 5.41) is 0. The van der Waals surface area contributed by atoms with Crippen molar-refractivity contribution in [2.24, 2.45) is 0 Å². The van der Waals surface area contributed by atoms with Gasteiger partial charge in [0.2, 0.25) is 0 Å². The average Bonchev–Trinajstić information content (AvgIpc) is 2.11. The molecule has 1 aromatic rings. The Hall–Kier alpha value is -0.220. The normalized spacial score (nSPS) is 12.6. The zero-order valence-electron chi connectivity index (χ0n) is 7.56. The fourth-order valence-corrected chi connectivity index (χ4v) is 1.79. The third kappa shape index (κ3) is 3.17. The molecule has 14 heavy (non-hydrogen) atoms. The first-order chi connectivity index (χ1) is 6.50. The lowest BCUT2D eigenvalue weighted by Crippen LogP contribution is -2.13. The van der Waals surface area contributed by atoms with Crippen LogP contribution in [-0.4, -0.2) is 10.6 Å². The third-order valence-electron chi connectivity index (χ3n) is 1.85. The smallest absolute Gasteiger partial charge is 0.143 e. The maximum absolute atomic E-state index is 13.2. The Bertz CT molecular complexity index is 352. The van der Waals surface area contributed by atoms with Crippen molar-refractivity contribution in [1.82, 2.24) is 0 Å². The van der Waals surface area contributed by atoms with Crippen molar-refractivity contribution in [2.45, 2.75) is 18.2 Å². The van der Waals surface area contributed by atoms with Crippen LogP contribution < -0.4 is 0 Å². The molecule has 0 aromatic heterocycles. The number of hydrogen-bond acceptors (Lipinski definition) is 1. The summed E-state index contributed by atoms with van der Waals surface area (Å²) >= 11 is 6.46. The average molecular weight is 324 g/mol. The largest absolute Gasteiger partial charge is 0.299 e. The maximum atomic E-state index is 13.2. The number of halogens is 3. The summed E-state index contributed by atoms with van der Waals surface area (Å²) in [6.07, 6.45) is 0.376. The molecule has 0 heterocycles. The van der Waals surface area contributed by atoms with Crippen LogP contribution in [0.15, 0.2) is 22.7 Å². The number of benzene rings is 1. The highest BCUT2D eigenvalue weighted by Gasteiger charge is 2.13. The molecule has 0 saturated heterocycles. The van der Waals surface area contributed by atoms with Gasteiger partial charge >= 0.3 is 0 Å². The summed E-state index contributed by atoms with van der Waals surface area (Å²) in [7, 11) is 0. The van der Waals surface area contributed by atoms with Crippen molar-refractivity contribution in [3.05, 3.63) is 34.1 Å². The van der Waals surface area contributed by atoms with Crippen molar-refractivity contribution in [2.75, 3.05) is 0 Å². The second kappa shape index (κ2) is 5.03. The summed E-state index contributed by atoms with van der Waals surface area (Å²) < 4.78 is 14.1. The Morgan fingerprint density at radius 3 is 2.79 bits per heavy atom. The molecule has 0 spiro atoms. The number of hydrogen-bond donors (Lipinski definition) is 0. The highest BCUT2D eigenvalue weighted by atomic mass is 79.9. The molecule has 4 heteroatoms. The molecule has 0 amide bonds. The van der Waals surface area contributed by atoms with Crippen molar-refractivity contribution >= 4 is 37.6 Å². The van der Waals surface area contributed by atoms with Crippen LogP contribution in [0.25, 0.3) is 0 Å².